The Hall–Kier alpha value is -2.71. The second-order valence-electron chi connectivity index (χ2n) is 8.04. The fourth-order valence-electron chi connectivity index (χ4n) is 2.54. The molecule has 6 nitrogen and oxygen atoms in total. The molecule has 0 saturated carbocycles. The largest absolute Gasteiger partial charge is 0.743 e. The lowest BCUT2D eigenvalue weighted by Gasteiger charge is -2.42. The number of nitro groups is 1. The SMILES string of the molecule is O=S(=O)([O-])C(F)(F)C(F)(F)C(F)(F)C(F)(F)C(F)(F)C(F)(F)C(F)(F)C(F)(F)F.O=[N+]([O-])c1ccc([I+]c2ccccc2)cc1. The van der Waals surface area contributed by atoms with Gasteiger partial charge in [-0.1, -0.05) is 18.2 Å². The Kier molecular flexibility index (Phi) is 11.2. The van der Waals surface area contributed by atoms with Crippen LogP contribution in [0.2, 0.25) is 0 Å². The number of hydrogen-bond donors (Lipinski definition) is 0. The van der Waals surface area contributed by atoms with Crippen LogP contribution in [-0.2, 0) is 10.1 Å². The standard InChI is InChI=1S/C12H9INO2.C8HF17O3S/c15-14(16)12-8-6-11(7-9-12)13-10-4-2-1-3-5-10;9-1(10,3(13,14)5(17,18)7(21,22)23)2(11,12)4(15,16)6(19,20)8(24,25)29(26,27)28/h1-9H;(H,26,27,28)/q+1;/p-1. The maximum atomic E-state index is 13.0. The Balaban J connectivity index is 0.000000526. The van der Waals surface area contributed by atoms with Gasteiger partial charge in [-0.15, -0.1) is 0 Å². The van der Waals surface area contributed by atoms with Gasteiger partial charge >= 0.3 is 68.2 Å². The van der Waals surface area contributed by atoms with Crippen molar-refractivity contribution in [3.8, 4) is 0 Å². The third kappa shape index (κ3) is 7.02. The lowest BCUT2D eigenvalue weighted by molar-refractivity contribution is -0.597. The van der Waals surface area contributed by atoms with Crippen LogP contribution in [0.25, 0.3) is 0 Å². The van der Waals surface area contributed by atoms with Crippen LogP contribution in [0, 0.1) is 17.3 Å². The summed E-state index contributed by atoms with van der Waals surface area (Å²) in [5, 5.41) is 2.53. The van der Waals surface area contributed by atoms with Gasteiger partial charge in [0.2, 0.25) is 0 Å². The highest BCUT2D eigenvalue weighted by Crippen LogP contribution is 2.64. The second kappa shape index (κ2) is 12.5. The molecular weight excluding hydrogens is 816 g/mol. The van der Waals surface area contributed by atoms with Crippen molar-refractivity contribution in [1.29, 1.82) is 0 Å². The van der Waals surface area contributed by atoms with Crippen molar-refractivity contribution >= 4 is 15.8 Å². The molecule has 0 N–H and O–H groups in total. The van der Waals surface area contributed by atoms with Gasteiger partial charge in [-0.05, 0) is 24.3 Å². The maximum Gasteiger partial charge on any atom is 0.460 e. The van der Waals surface area contributed by atoms with E-state index in [-0.39, 0.29) is 31.8 Å². The first-order valence-corrected chi connectivity index (χ1v) is 13.9. The zero-order valence-corrected chi connectivity index (χ0v) is 23.4. The molecule has 0 amide bonds. The highest BCUT2D eigenvalue weighted by atomic mass is 127. The molecule has 0 heterocycles. The first-order valence-electron chi connectivity index (χ1n) is 10.4. The summed E-state index contributed by atoms with van der Waals surface area (Å²) in [6.07, 6.45) is -7.89. The highest BCUT2D eigenvalue weighted by molar-refractivity contribution is 7.86. The minimum atomic E-state index is -8.92. The van der Waals surface area contributed by atoms with Crippen molar-refractivity contribution in [3.05, 3.63) is 71.9 Å². The van der Waals surface area contributed by atoms with Crippen molar-refractivity contribution < 1.29 is 114 Å². The predicted molar refractivity (Wildman–Crippen MR) is 107 cm³/mol. The normalized spacial score (nSPS) is 14.4. The Morgan fingerprint density at radius 3 is 1.20 bits per heavy atom. The number of hydrogen-bond acceptors (Lipinski definition) is 5. The molecule has 0 atom stereocenters. The summed E-state index contributed by atoms with van der Waals surface area (Å²) < 4.78 is 247. The number of alkyl halides is 17. The molecule has 25 heteroatoms. The van der Waals surface area contributed by atoms with Crippen LogP contribution in [0.3, 0.4) is 0 Å². The van der Waals surface area contributed by atoms with E-state index in [0.29, 0.717) is 0 Å². The van der Waals surface area contributed by atoms with Crippen LogP contribution in [0.15, 0.2) is 54.6 Å². The minimum Gasteiger partial charge on any atom is -0.743 e. The lowest BCUT2D eigenvalue weighted by atomic mass is 9.91. The lowest BCUT2D eigenvalue weighted by Crippen LogP contribution is -3.61. The van der Waals surface area contributed by atoms with Gasteiger partial charge < -0.3 is 4.55 Å². The van der Waals surface area contributed by atoms with Crippen molar-refractivity contribution in [3.63, 3.8) is 0 Å². The third-order valence-corrected chi connectivity index (χ3v) is 8.56. The van der Waals surface area contributed by atoms with Crippen molar-refractivity contribution in [1.82, 2.24) is 0 Å². The average Bonchev–Trinajstić information content (AvgIpc) is 2.88. The fraction of sp³-hybridized carbons (Fsp3) is 0.400. The van der Waals surface area contributed by atoms with E-state index in [1.54, 1.807) is 12.1 Å². The molecule has 0 unspecified atom stereocenters. The van der Waals surface area contributed by atoms with E-state index in [2.05, 4.69) is 12.1 Å². The highest BCUT2D eigenvalue weighted by Gasteiger charge is 2.95. The minimum absolute atomic E-state index is 0.154. The summed E-state index contributed by atoms with van der Waals surface area (Å²) in [5.74, 6) is -52.1. The first-order chi connectivity index (χ1) is 19.8. The van der Waals surface area contributed by atoms with Crippen LogP contribution < -0.4 is 21.2 Å². The van der Waals surface area contributed by atoms with Gasteiger partial charge in [-0.2, -0.15) is 74.6 Å². The van der Waals surface area contributed by atoms with Gasteiger partial charge in [-0.25, -0.2) is 8.42 Å². The van der Waals surface area contributed by atoms with Crippen LogP contribution in [0.4, 0.5) is 80.3 Å². The van der Waals surface area contributed by atoms with Gasteiger partial charge in [-0.3, -0.25) is 10.1 Å². The number of rotatable bonds is 10. The molecule has 2 rings (SSSR count). The van der Waals surface area contributed by atoms with E-state index in [0.717, 1.165) is 0 Å². The molecular formula is C20H9F17INO5S. The van der Waals surface area contributed by atoms with Crippen molar-refractivity contribution in [2.24, 2.45) is 0 Å². The molecule has 0 aromatic heterocycles. The molecule has 45 heavy (non-hydrogen) atoms. The molecule has 0 saturated heterocycles. The van der Waals surface area contributed by atoms with E-state index in [1.807, 2.05) is 30.3 Å². The van der Waals surface area contributed by atoms with Gasteiger partial charge in [0.05, 0.1) is 4.92 Å². The molecule has 0 radical (unpaired) electrons. The summed E-state index contributed by atoms with van der Waals surface area (Å²) in [7, 11) is -8.14. The second-order valence-corrected chi connectivity index (χ2v) is 12.5. The van der Waals surface area contributed by atoms with Crippen molar-refractivity contribution in [2.75, 3.05) is 0 Å². The summed E-state index contributed by atoms with van der Waals surface area (Å²) in [4.78, 5) is 10.1. The van der Waals surface area contributed by atoms with Crippen LogP contribution >= 0.6 is 0 Å². The first kappa shape index (κ1) is 40.3. The summed E-state index contributed by atoms with van der Waals surface area (Å²) >= 11 is -0.227. The molecule has 2 aromatic carbocycles. The quantitative estimate of drug-likeness (QED) is 0.118. The van der Waals surface area contributed by atoms with E-state index >= 15 is 0 Å². The Labute approximate surface area is 248 Å². The van der Waals surface area contributed by atoms with E-state index in [9.17, 15) is 97.7 Å². The molecule has 0 bridgehead atoms. The summed E-state index contributed by atoms with van der Waals surface area (Å²) in [5.41, 5.74) is 0.154. The van der Waals surface area contributed by atoms with Gasteiger partial charge in [0.1, 0.15) is 0 Å². The third-order valence-electron chi connectivity index (χ3n) is 5.00. The molecule has 256 valence electrons. The number of nitro benzene ring substituents is 1. The molecule has 0 fully saturated rings. The zero-order valence-electron chi connectivity index (χ0n) is 20.4. The summed E-state index contributed by atoms with van der Waals surface area (Å²) in [6.45, 7) is 0. The Bertz CT molecular complexity index is 1450. The molecule has 0 aliphatic heterocycles. The smallest absolute Gasteiger partial charge is 0.460 e. The predicted octanol–water partition coefficient (Wildman–Crippen LogP) is 4.22. The number of benzene rings is 2. The van der Waals surface area contributed by atoms with E-state index in [4.69, 9.17) is 0 Å². The Morgan fingerprint density at radius 2 is 0.867 bits per heavy atom. The van der Waals surface area contributed by atoms with Crippen LogP contribution in [0.5, 0.6) is 0 Å². The van der Waals surface area contributed by atoms with Gasteiger partial charge in [0, 0.05) is 12.1 Å². The summed E-state index contributed by atoms with van der Waals surface area (Å²) in [6, 6.07) is 17.0. The van der Waals surface area contributed by atoms with Crippen LogP contribution in [0.1, 0.15) is 0 Å². The van der Waals surface area contributed by atoms with E-state index < -0.39 is 57.1 Å². The number of halogens is 18. The fourth-order valence-corrected chi connectivity index (χ4v) is 5.19. The van der Waals surface area contributed by atoms with E-state index in [1.165, 1.54) is 7.14 Å². The van der Waals surface area contributed by atoms with Crippen molar-refractivity contribution in [2.45, 2.75) is 47.0 Å². The van der Waals surface area contributed by atoms with Crippen LogP contribution in [-0.4, -0.2) is 64.9 Å². The molecule has 0 aliphatic rings. The monoisotopic (exact) mass is 825 g/mol. The van der Waals surface area contributed by atoms with Gasteiger partial charge in [0.15, 0.2) is 17.3 Å². The zero-order chi connectivity index (χ0) is 35.9. The average molecular weight is 825 g/mol. The number of nitrogens with zero attached hydrogens (tertiary/aromatic N) is 1. The molecule has 2 aromatic rings. The topological polar surface area (TPSA) is 100 Å². The van der Waals surface area contributed by atoms with Gasteiger partial charge in [0.25, 0.3) is 5.69 Å². The number of non-ortho nitro benzene ring substituents is 1. The maximum absolute atomic E-state index is 13.0. The Morgan fingerprint density at radius 1 is 0.533 bits per heavy atom. The molecule has 0 aliphatic carbocycles. The molecule has 0 spiro atoms.